The monoisotopic (exact) mass is 243 g/mol. The van der Waals surface area contributed by atoms with Gasteiger partial charge in [-0.25, -0.2) is 0 Å². The van der Waals surface area contributed by atoms with Crippen molar-refractivity contribution in [1.82, 2.24) is 0 Å². The van der Waals surface area contributed by atoms with Crippen molar-refractivity contribution >= 4 is 5.71 Å². The Morgan fingerprint density at radius 3 is 2.33 bits per heavy atom. The Hall–Kier alpha value is -1.63. The summed E-state index contributed by atoms with van der Waals surface area (Å²) in [4.78, 5) is 0. The third-order valence-corrected chi connectivity index (χ3v) is 2.55. The van der Waals surface area contributed by atoms with Crippen LogP contribution in [-0.2, 0) is 0 Å². The minimum absolute atomic E-state index is 0.338. The van der Waals surface area contributed by atoms with Gasteiger partial charge in [-0.3, -0.25) is 0 Å². The lowest BCUT2D eigenvalue weighted by atomic mass is 9.93. The molecule has 0 saturated carbocycles. The minimum atomic E-state index is 0.338. The predicted octanol–water partition coefficient (Wildman–Crippen LogP) is 5.24. The van der Waals surface area contributed by atoms with Gasteiger partial charge < -0.3 is 5.41 Å². The summed E-state index contributed by atoms with van der Waals surface area (Å²) < 4.78 is 0. The molecule has 0 aliphatic carbocycles. The molecule has 18 heavy (non-hydrogen) atoms. The van der Waals surface area contributed by atoms with Crippen LogP contribution < -0.4 is 0 Å². The highest BCUT2D eigenvalue weighted by atomic mass is 14.4. The lowest BCUT2D eigenvalue weighted by Gasteiger charge is -2.12. The zero-order chi connectivity index (χ0) is 14.0. The van der Waals surface area contributed by atoms with E-state index in [1.165, 1.54) is 0 Å². The van der Waals surface area contributed by atoms with E-state index in [0.717, 1.165) is 17.6 Å². The number of allylic oxidation sites excluding steroid dienone is 9. The van der Waals surface area contributed by atoms with Gasteiger partial charge >= 0.3 is 0 Å². The third kappa shape index (κ3) is 6.19. The number of nitrogens with one attached hydrogen (secondary N) is 1. The Morgan fingerprint density at radius 2 is 1.83 bits per heavy atom. The van der Waals surface area contributed by atoms with Crippen LogP contribution in [0.1, 0.15) is 34.1 Å². The predicted molar refractivity (Wildman–Crippen MR) is 83.2 cm³/mol. The Kier molecular flexibility index (Phi) is 8.55. The van der Waals surface area contributed by atoms with E-state index < -0.39 is 0 Å². The van der Waals surface area contributed by atoms with Crippen molar-refractivity contribution in [3.05, 3.63) is 60.3 Å². The third-order valence-electron chi connectivity index (χ3n) is 2.55. The van der Waals surface area contributed by atoms with Crippen molar-refractivity contribution in [1.29, 1.82) is 5.41 Å². The molecule has 0 saturated heterocycles. The second kappa shape index (κ2) is 9.41. The Labute approximate surface area is 112 Å². The molecule has 0 aliphatic rings. The molecule has 1 nitrogen and oxygen atoms in total. The zero-order valence-electron chi connectivity index (χ0n) is 12.0. The summed E-state index contributed by atoms with van der Waals surface area (Å²) in [5.74, 6) is 0.338. The molecule has 0 rings (SSSR count). The molecule has 1 heteroatoms. The van der Waals surface area contributed by atoms with Gasteiger partial charge in [-0.1, -0.05) is 69.9 Å². The molecule has 0 atom stereocenters. The summed E-state index contributed by atoms with van der Waals surface area (Å²) in [5.41, 5.74) is 2.65. The van der Waals surface area contributed by atoms with Gasteiger partial charge in [-0.2, -0.15) is 0 Å². The Bertz CT molecular complexity index is 390. The molecule has 0 fully saturated rings. The molecule has 1 N–H and O–H groups in total. The summed E-state index contributed by atoms with van der Waals surface area (Å²) in [6, 6.07) is 0. The topological polar surface area (TPSA) is 23.9 Å². The highest BCUT2D eigenvalue weighted by Crippen LogP contribution is 2.16. The molecule has 0 radical (unpaired) electrons. The molecular weight excluding hydrogens is 218 g/mol. The van der Waals surface area contributed by atoms with Crippen molar-refractivity contribution in [2.45, 2.75) is 34.1 Å². The average molecular weight is 243 g/mol. The van der Waals surface area contributed by atoms with Gasteiger partial charge in [0.05, 0.1) is 5.71 Å². The van der Waals surface area contributed by atoms with Gasteiger partial charge in [-0.15, -0.1) is 0 Å². The standard InChI is InChI=1S/C17H25N/c1-6-8-10-12-15(5)17(18)16(14(3)4)13-11-9-7-2/h7-14,18H,2,6H2,1,3-5H3/b10-8-,11-9-,15-12+,16-13+,18-17?. The zero-order valence-corrected chi connectivity index (χ0v) is 12.0. The van der Waals surface area contributed by atoms with E-state index in [-0.39, 0.29) is 0 Å². The molecule has 98 valence electrons. The lowest BCUT2D eigenvalue weighted by Crippen LogP contribution is -2.08. The van der Waals surface area contributed by atoms with E-state index in [1.54, 1.807) is 6.08 Å². The number of rotatable bonds is 7. The maximum absolute atomic E-state index is 8.22. The summed E-state index contributed by atoms with van der Waals surface area (Å²) in [7, 11) is 0. The second-order valence-corrected chi connectivity index (χ2v) is 4.46. The Balaban J connectivity index is 5.03. The van der Waals surface area contributed by atoms with Gasteiger partial charge in [0.25, 0.3) is 0 Å². The first-order valence-corrected chi connectivity index (χ1v) is 6.46. The molecular formula is C17H25N. The second-order valence-electron chi connectivity index (χ2n) is 4.46. The van der Waals surface area contributed by atoms with Gasteiger partial charge in [0.15, 0.2) is 0 Å². The van der Waals surface area contributed by atoms with E-state index in [0.29, 0.717) is 11.6 Å². The fourth-order valence-electron chi connectivity index (χ4n) is 1.46. The molecule has 0 amide bonds. The van der Waals surface area contributed by atoms with Crippen LogP contribution in [0.15, 0.2) is 60.3 Å². The van der Waals surface area contributed by atoms with Crippen molar-refractivity contribution in [2.75, 3.05) is 0 Å². The number of hydrogen-bond acceptors (Lipinski definition) is 1. The van der Waals surface area contributed by atoms with Crippen LogP contribution in [0.3, 0.4) is 0 Å². The van der Waals surface area contributed by atoms with Crippen LogP contribution in [0.5, 0.6) is 0 Å². The highest BCUT2D eigenvalue weighted by molar-refractivity contribution is 6.10. The molecule has 0 aromatic heterocycles. The molecule has 0 aromatic rings. The minimum Gasteiger partial charge on any atom is -0.300 e. The quantitative estimate of drug-likeness (QED) is 0.467. The first kappa shape index (κ1) is 16.4. The first-order chi connectivity index (χ1) is 8.54. The van der Waals surface area contributed by atoms with Crippen LogP contribution >= 0.6 is 0 Å². The molecule has 0 unspecified atom stereocenters. The largest absolute Gasteiger partial charge is 0.300 e. The van der Waals surface area contributed by atoms with Gasteiger partial charge in [-0.05, 0) is 30.4 Å². The highest BCUT2D eigenvalue weighted by Gasteiger charge is 2.09. The summed E-state index contributed by atoms with van der Waals surface area (Å²) >= 11 is 0. The van der Waals surface area contributed by atoms with Crippen LogP contribution in [0.2, 0.25) is 0 Å². The smallest absolute Gasteiger partial charge is 0.0603 e. The van der Waals surface area contributed by atoms with Crippen LogP contribution in [0.4, 0.5) is 0 Å². The maximum atomic E-state index is 8.22. The molecule has 0 aliphatic heterocycles. The lowest BCUT2D eigenvalue weighted by molar-refractivity contribution is 0.801. The summed E-state index contributed by atoms with van der Waals surface area (Å²) in [6.07, 6.45) is 14.7. The van der Waals surface area contributed by atoms with Crippen molar-refractivity contribution in [2.24, 2.45) is 5.92 Å². The molecule has 0 bridgehead atoms. The molecule has 0 spiro atoms. The van der Waals surface area contributed by atoms with Crippen molar-refractivity contribution < 1.29 is 0 Å². The van der Waals surface area contributed by atoms with Crippen LogP contribution in [-0.4, -0.2) is 5.71 Å². The van der Waals surface area contributed by atoms with E-state index in [9.17, 15) is 0 Å². The van der Waals surface area contributed by atoms with Gasteiger partial charge in [0.2, 0.25) is 0 Å². The molecule has 0 heterocycles. The Morgan fingerprint density at radius 1 is 1.17 bits per heavy atom. The van der Waals surface area contributed by atoms with Crippen molar-refractivity contribution in [3.63, 3.8) is 0 Å². The number of hydrogen-bond donors (Lipinski definition) is 1. The normalized spacial score (nSPS) is 13.8. The fourth-order valence-corrected chi connectivity index (χ4v) is 1.46. The van der Waals surface area contributed by atoms with E-state index in [4.69, 9.17) is 5.41 Å². The van der Waals surface area contributed by atoms with Crippen LogP contribution in [0, 0.1) is 11.3 Å². The maximum Gasteiger partial charge on any atom is 0.0603 e. The summed E-state index contributed by atoms with van der Waals surface area (Å²) in [5, 5.41) is 8.22. The van der Waals surface area contributed by atoms with Gasteiger partial charge in [0, 0.05) is 0 Å². The van der Waals surface area contributed by atoms with E-state index in [2.05, 4.69) is 33.4 Å². The summed E-state index contributed by atoms with van der Waals surface area (Å²) in [6.45, 7) is 11.9. The SMILES string of the molecule is C=C/C=C\C=C(\C(=N)/C(C)=C/C=C\CC)C(C)C. The van der Waals surface area contributed by atoms with Crippen LogP contribution in [0.25, 0.3) is 0 Å². The van der Waals surface area contributed by atoms with E-state index in [1.807, 2.05) is 37.3 Å². The van der Waals surface area contributed by atoms with E-state index >= 15 is 0 Å². The molecule has 0 aromatic carbocycles. The van der Waals surface area contributed by atoms with Crippen molar-refractivity contribution in [3.8, 4) is 0 Å². The average Bonchev–Trinajstić information content (AvgIpc) is 2.33. The van der Waals surface area contributed by atoms with Gasteiger partial charge in [0.1, 0.15) is 0 Å². The fraction of sp³-hybridized carbons (Fsp3) is 0.353. The first-order valence-electron chi connectivity index (χ1n) is 6.46.